The number of ether oxygens (including phenoxy) is 1. The summed E-state index contributed by atoms with van der Waals surface area (Å²) in [5, 5.41) is 13.1. The minimum Gasteiger partial charge on any atom is -0.497 e. The van der Waals surface area contributed by atoms with Crippen LogP contribution >= 0.6 is 0 Å². The van der Waals surface area contributed by atoms with Gasteiger partial charge < -0.3 is 14.5 Å². The van der Waals surface area contributed by atoms with Crippen LogP contribution in [-0.4, -0.2) is 63.9 Å². The molecule has 8 heteroatoms. The summed E-state index contributed by atoms with van der Waals surface area (Å²) in [6.07, 6.45) is 4.71. The van der Waals surface area contributed by atoms with E-state index < -0.39 is 0 Å². The maximum absolute atomic E-state index is 12.8. The zero-order valence-electron chi connectivity index (χ0n) is 16.7. The lowest BCUT2D eigenvalue weighted by Crippen LogP contribution is -2.40. The van der Waals surface area contributed by atoms with Crippen molar-refractivity contribution in [3.05, 3.63) is 36.7 Å². The highest BCUT2D eigenvalue weighted by Crippen LogP contribution is 2.33. The van der Waals surface area contributed by atoms with Gasteiger partial charge in [-0.3, -0.25) is 4.79 Å². The molecule has 0 saturated carbocycles. The van der Waals surface area contributed by atoms with E-state index in [9.17, 15) is 4.79 Å². The lowest BCUT2D eigenvalue weighted by atomic mass is 9.99. The number of methoxy groups -OCH3 is 1. The van der Waals surface area contributed by atoms with Crippen LogP contribution in [0.25, 0.3) is 16.9 Å². The van der Waals surface area contributed by atoms with Gasteiger partial charge in [0.05, 0.1) is 24.4 Å². The van der Waals surface area contributed by atoms with Crippen LogP contribution in [0.5, 0.6) is 5.75 Å². The van der Waals surface area contributed by atoms with Crippen LogP contribution in [0.15, 0.2) is 36.7 Å². The van der Waals surface area contributed by atoms with Gasteiger partial charge in [0.15, 0.2) is 0 Å². The SMILES string of the molecule is COc1ccc(-c2cc(N3C[C@H]4CCC[C@@H](C3)N(C)C4=O)c3nncn3n2)cc1. The number of fused-ring (bicyclic) bond motifs is 4. The van der Waals surface area contributed by atoms with E-state index in [0.717, 1.165) is 54.1 Å². The van der Waals surface area contributed by atoms with E-state index in [0.29, 0.717) is 6.54 Å². The minimum absolute atomic E-state index is 0.0214. The van der Waals surface area contributed by atoms with Gasteiger partial charge in [-0.1, -0.05) is 6.42 Å². The Balaban J connectivity index is 1.59. The van der Waals surface area contributed by atoms with Gasteiger partial charge in [0, 0.05) is 31.7 Å². The Kier molecular flexibility index (Phi) is 4.34. The molecule has 0 aliphatic carbocycles. The van der Waals surface area contributed by atoms with E-state index in [-0.39, 0.29) is 17.9 Å². The quantitative estimate of drug-likeness (QED) is 0.681. The number of likely N-dealkylation sites (N-methyl/N-ethyl adjacent to an activating group) is 1. The summed E-state index contributed by atoms with van der Waals surface area (Å²) in [5.41, 5.74) is 3.52. The number of hydrogen-bond acceptors (Lipinski definition) is 6. The third-order valence-electron chi connectivity index (χ3n) is 6.18. The Morgan fingerprint density at radius 3 is 2.76 bits per heavy atom. The fourth-order valence-electron chi connectivity index (χ4n) is 4.51. The summed E-state index contributed by atoms with van der Waals surface area (Å²) in [4.78, 5) is 17.1. The number of carbonyl (C=O) groups excluding carboxylic acids is 1. The van der Waals surface area contributed by atoms with E-state index in [1.807, 2.05) is 36.2 Å². The molecule has 0 unspecified atom stereocenters. The largest absolute Gasteiger partial charge is 0.497 e. The van der Waals surface area contributed by atoms with Crippen LogP contribution < -0.4 is 9.64 Å². The molecule has 5 rings (SSSR count). The Bertz CT molecular complexity index is 1050. The van der Waals surface area contributed by atoms with Gasteiger partial charge in [-0.15, -0.1) is 10.2 Å². The minimum atomic E-state index is 0.0214. The van der Waals surface area contributed by atoms with Crippen molar-refractivity contribution >= 4 is 17.2 Å². The average molecular weight is 392 g/mol. The zero-order chi connectivity index (χ0) is 20.0. The topological polar surface area (TPSA) is 75.9 Å². The highest BCUT2D eigenvalue weighted by molar-refractivity contribution is 5.82. The van der Waals surface area contributed by atoms with Crippen molar-refractivity contribution in [2.75, 3.05) is 32.1 Å². The number of rotatable bonds is 3. The molecule has 8 nitrogen and oxygen atoms in total. The standard InChI is InChI=1S/C21H24N6O2/c1-25-16-5-3-4-15(21(25)28)11-26(12-16)19-10-18(24-27-13-22-23-20(19)27)14-6-8-17(29-2)9-7-14/h6-10,13,15-16H,3-5,11-12H2,1-2H3/t15-,16+/m1/s1. The van der Waals surface area contributed by atoms with Gasteiger partial charge in [0.1, 0.15) is 12.1 Å². The van der Waals surface area contributed by atoms with E-state index in [2.05, 4.69) is 26.3 Å². The maximum atomic E-state index is 12.8. The van der Waals surface area contributed by atoms with Gasteiger partial charge in [0.2, 0.25) is 11.6 Å². The fraction of sp³-hybridized carbons (Fsp3) is 0.429. The smallest absolute Gasteiger partial charge is 0.227 e. The van der Waals surface area contributed by atoms with Gasteiger partial charge in [0.25, 0.3) is 0 Å². The lowest BCUT2D eigenvalue weighted by molar-refractivity contribution is -0.134. The van der Waals surface area contributed by atoms with E-state index in [1.165, 1.54) is 0 Å². The first-order valence-electron chi connectivity index (χ1n) is 10.0. The summed E-state index contributed by atoms with van der Waals surface area (Å²) in [6, 6.07) is 10.1. The summed E-state index contributed by atoms with van der Waals surface area (Å²) in [5.74, 6) is 1.09. The van der Waals surface area contributed by atoms with Crippen LogP contribution in [0.3, 0.4) is 0 Å². The predicted octanol–water partition coefficient (Wildman–Crippen LogP) is 2.25. The second kappa shape index (κ2) is 7.02. The molecule has 1 aromatic carbocycles. The number of carbonyl (C=O) groups is 1. The van der Waals surface area contributed by atoms with Crippen LogP contribution in [-0.2, 0) is 4.79 Å². The molecule has 0 radical (unpaired) electrons. The summed E-state index contributed by atoms with van der Waals surface area (Å²) >= 11 is 0. The van der Waals surface area contributed by atoms with Crippen molar-refractivity contribution in [1.82, 2.24) is 24.7 Å². The molecule has 0 spiro atoms. The molecule has 2 bridgehead atoms. The second-order valence-corrected chi connectivity index (χ2v) is 7.88. The van der Waals surface area contributed by atoms with Crippen LogP contribution in [0.1, 0.15) is 19.3 Å². The molecule has 2 saturated heterocycles. The maximum Gasteiger partial charge on any atom is 0.227 e. The molecule has 2 aromatic heterocycles. The first-order chi connectivity index (χ1) is 14.1. The lowest BCUT2D eigenvalue weighted by Gasteiger charge is -2.31. The van der Waals surface area contributed by atoms with E-state index >= 15 is 0 Å². The van der Waals surface area contributed by atoms with Crippen molar-refractivity contribution in [3.63, 3.8) is 0 Å². The molecule has 1 amide bonds. The van der Waals surface area contributed by atoms with Gasteiger partial charge in [-0.05, 0) is 43.2 Å². The highest BCUT2D eigenvalue weighted by atomic mass is 16.5. The first kappa shape index (κ1) is 17.9. The van der Waals surface area contributed by atoms with E-state index in [4.69, 9.17) is 4.74 Å². The van der Waals surface area contributed by atoms with Gasteiger partial charge in [-0.25, -0.2) is 0 Å². The molecule has 150 valence electrons. The molecule has 3 aromatic rings. The Morgan fingerprint density at radius 1 is 1.14 bits per heavy atom. The van der Waals surface area contributed by atoms with Gasteiger partial charge >= 0.3 is 0 Å². The van der Waals surface area contributed by atoms with Gasteiger partial charge in [-0.2, -0.15) is 9.61 Å². The molecular formula is C21H24N6O2. The normalized spacial score (nSPS) is 22.1. The van der Waals surface area contributed by atoms with Crippen molar-refractivity contribution in [2.24, 2.45) is 5.92 Å². The average Bonchev–Trinajstić information content (AvgIpc) is 3.12. The zero-order valence-corrected chi connectivity index (χ0v) is 16.7. The molecule has 0 N–H and O–H groups in total. The number of anilines is 1. The van der Waals surface area contributed by atoms with E-state index in [1.54, 1.807) is 18.0 Å². The molecule has 4 heterocycles. The van der Waals surface area contributed by atoms with Crippen molar-refractivity contribution in [1.29, 1.82) is 0 Å². The molecule has 2 aliphatic heterocycles. The molecule has 2 aliphatic rings. The number of amides is 1. The predicted molar refractivity (Wildman–Crippen MR) is 109 cm³/mol. The molecule has 2 atom stereocenters. The highest BCUT2D eigenvalue weighted by Gasteiger charge is 2.37. The first-order valence-corrected chi connectivity index (χ1v) is 10.0. The Morgan fingerprint density at radius 2 is 1.97 bits per heavy atom. The van der Waals surface area contributed by atoms with Crippen molar-refractivity contribution in [2.45, 2.75) is 25.3 Å². The molecule has 2 fully saturated rings. The third-order valence-corrected chi connectivity index (χ3v) is 6.18. The number of benzene rings is 1. The molecular weight excluding hydrogens is 368 g/mol. The third kappa shape index (κ3) is 3.08. The summed E-state index contributed by atoms with van der Waals surface area (Å²) in [6.45, 7) is 1.50. The fourth-order valence-corrected chi connectivity index (χ4v) is 4.51. The Hall–Kier alpha value is -3.16. The molecule has 29 heavy (non-hydrogen) atoms. The second-order valence-electron chi connectivity index (χ2n) is 7.88. The van der Waals surface area contributed by atoms with Crippen molar-refractivity contribution in [3.8, 4) is 17.0 Å². The Labute approximate surface area is 169 Å². The number of hydrogen-bond donors (Lipinski definition) is 0. The number of nitrogens with zero attached hydrogens (tertiary/aromatic N) is 6. The van der Waals surface area contributed by atoms with Crippen molar-refractivity contribution < 1.29 is 9.53 Å². The monoisotopic (exact) mass is 392 g/mol. The van der Waals surface area contributed by atoms with Crippen LogP contribution in [0.4, 0.5) is 5.69 Å². The summed E-state index contributed by atoms with van der Waals surface area (Å²) < 4.78 is 6.99. The van der Waals surface area contributed by atoms with Crippen LogP contribution in [0, 0.1) is 5.92 Å². The summed E-state index contributed by atoms with van der Waals surface area (Å²) in [7, 11) is 3.60. The van der Waals surface area contributed by atoms with Crippen LogP contribution in [0.2, 0.25) is 0 Å². The number of aromatic nitrogens is 4.